The van der Waals surface area contributed by atoms with Gasteiger partial charge in [-0.15, -0.1) is 11.3 Å². The summed E-state index contributed by atoms with van der Waals surface area (Å²) in [6, 6.07) is 5.78. The van der Waals surface area contributed by atoms with Crippen LogP contribution in [-0.2, 0) is 0 Å². The molecule has 20 heavy (non-hydrogen) atoms. The largest absolute Gasteiger partial charge is 0.376 e. The number of anilines is 1. The molecule has 5 nitrogen and oxygen atoms in total. The molecule has 7 heteroatoms. The predicted octanol–water partition coefficient (Wildman–Crippen LogP) is 3.55. The van der Waals surface area contributed by atoms with Gasteiger partial charge in [-0.1, -0.05) is 11.6 Å². The molecule has 0 radical (unpaired) electrons. The first kappa shape index (κ1) is 13.1. The Balaban J connectivity index is 1.94. The summed E-state index contributed by atoms with van der Waals surface area (Å²) < 4.78 is 1.71. The molecule has 1 unspecified atom stereocenters. The molecule has 0 saturated heterocycles. The first-order valence-corrected chi connectivity index (χ1v) is 7.29. The average molecular weight is 306 g/mol. The summed E-state index contributed by atoms with van der Waals surface area (Å²) in [5.74, 6) is 0. The van der Waals surface area contributed by atoms with E-state index in [-0.39, 0.29) is 6.04 Å². The molecule has 0 aliphatic rings. The highest BCUT2D eigenvalue weighted by Gasteiger charge is 2.12. The molecule has 0 fully saturated rings. The molecule has 1 aromatic carbocycles. The van der Waals surface area contributed by atoms with E-state index >= 15 is 0 Å². The summed E-state index contributed by atoms with van der Waals surface area (Å²) in [5.41, 5.74) is 3.64. The van der Waals surface area contributed by atoms with E-state index < -0.39 is 0 Å². The molecular formula is C13H12ClN5S. The number of rotatable bonds is 4. The van der Waals surface area contributed by atoms with E-state index in [4.69, 9.17) is 11.6 Å². The standard InChI is InChI=1S/C13H12ClN5S/c1-9(13-5-15-8-20-13)18-11-4-10(14)2-3-12(11)19-7-16-6-17-19/h2-9,18H,1H3. The van der Waals surface area contributed by atoms with Gasteiger partial charge >= 0.3 is 0 Å². The van der Waals surface area contributed by atoms with Gasteiger partial charge in [0.1, 0.15) is 12.7 Å². The van der Waals surface area contributed by atoms with Crippen LogP contribution in [0.25, 0.3) is 5.69 Å². The van der Waals surface area contributed by atoms with Crippen LogP contribution in [0.3, 0.4) is 0 Å². The highest BCUT2D eigenvalue weighted by molar-refractivity contribution is 7.09. The Morgan fingerprint density at radius 3 is 2.95 bits per heavy atom. The van der Waals surface area contributed by atoms with Gasteiger partial charge < -0.3 is 5.32 Å². The lowest BCUT2D eigenvalue weighted by Gasteiger charge is -2.17. The van der Waals surface area contributed by atoms with Crippen LogP contribution in [0.15, 0.2) is 42.6 Å². The van der Waals surface area contributed by atoms with Gasteiger partial charge in [-0.2, -0.15) is 5.10 Å². The molecule has 2 heterocycles. The van der Waals surface area contributed by atoms with Crippen LogP contribution >= 0.6 is 22.9 Å². The van der Waals surface area contributed by atoms with Crippen molar-refractivity contribution in [3.05, 3.63) is 52.5 Å². The zero-order valence-corrected chi connectivity index (χ0v) is 12.3. The maximum atomic E-state index is 6.09. The Labute approximate surface area is 125 Å². The Kier molecular flexibility index (Phi) is 3.66. The van der Waals surface area contributed by atoms with Crippen LogP contribution in [0.5, 0.6) is 0 Å². The molecule has 0 amide bonds. The van der Waals surface area contributed by atoms with Gasteiger partial charge in [-0.25, -0.2) is 9.67 Å². The lowest BCUT2D eigenvalue weighted by atomic mass is 10.2. The second-order valence-corrected chi connectivity index (χ2v) is 5.63. The smallest absolute Gasteiger partial charge is 0.138 e. The third-order valence-corrected chi connectivity index (χ3v) is 4.07. The van der Waals surface area contributed by atoms with Crippen LogP contribution < -0.4 is 5.32 Å². The molecule has 0 aliphatic carbocycles. The van der Waals surface area contributed by atoms with E-state index in [0.717, 1.165) is 16.3 Å². The maximum absolute atomic E-state index is 6.09. The number of hydrogen-bond acceptors (Lipinski definition) is 5. The number of nitrogens with zero attached hydrogens (tertiary/aromatic N) is 4. The van der Waals surface area contributed by atoms with E-state index in [1.54, 1.807) is 22.3 Å². The molecule has 0 saturated carbocycles. The molecule has 3 aromatic rings. The lowest BCUT2D eigenvalue weighted by molar-refractivity contribution is 0.859. The van der Waals surface area contributed by atoms with Crippen molar-refractivity contribution in [3.8, 4) is 5.69 Å². The molecule has 102 valence electrons. The summed E-state index contributed by atoms with van der Waals surface area (Å²) in [6.45, 7) is 2.08. The number of halogens is 1. The Morgan fingerprint density at radius 2 is 2.25 bits per heavy atom. The summed E-state index contributed by atoms with van der Waals surface area (Å²) in [6.07, 6.45) is 5.03. The van der Waals surface area contributed by atoms with Gasteiger partial charge in [0.25, 0.3) is 0 Å². The molecule has 1 N–H and O–H groups in total. The van der Waals surface area contributed by atoms with Crippen molar-refractivity contribution in [1.82, 2.24) is 19.7 Å². The number of nitrogens with one attached hydrogen (secondary N) is 1. The third-order valence-electron chi connectivity index (χ3n) is 2.87. The first-order chi connectivity index (χ1) is 9.74. The van der Waals surface area contributed by atoms with E-state index in [2.05, 4.69) is 27.3 Å². The molecule has 3 rings (SSSR count). The van der Waals surface area contributed by atoms with Gasteiger partial charge in [0.05, 0.1) is 22.9 Å². The van der Waals surface area contributed by atoms with Crippen molar-refractivity contribution < 1.29 is 0 Å². The SMILES string of the molecule is CC(Nc1cc(Cl)ccc1-n1cncn1)c1cncs1. The van der Waals surface area contributed by atoms with Crippen LogP contribution in [0.4, 0.5) is 5.69 Å². The average Bonchev–Trinajstić information content (AvgIpc) is 3.12. The zero-order valence-electron chi connectivity index (χ0n) is 10.7. The Morgan fingerprint density at radius 1 is 1.35 bits per heavy atom. The molecule has 0 aliphatic heterocycles. The Bertz CT molecular complexity index is 681. The molecule has 0 spiro atoms. The fourth-order valence-corrected chi connectivity index (χ4v) is 2.70. The van der Waals surface area contributed by atoms with Crippen molar-refractivity contribution in [3.63, 3.8) is 0 Å². The highest BCUT2D eigenvalue weighted by Crippen LogP contribution is 2.28. The van der Waals surface area contributed by atoms with E-state index in [0.29, 0.717) is 5.02 Å². The fourth-order valence-electron chi connectivity index (χ4n) is 1.90. The minimum absolute atomic E-state index is 0.142. The van der Waals surface area contributed by atoms with E-state index in [1.165, 1.54) is 6.33 Å². The van der Waals surface area contributed by atoms with Crippen molar-refractivity contribution in [1.29, 1.82) is 0 Å². The highest BCUT2D eigenvalue weighted by atomic mass is 35.5. The summed E-state index contributed by atoms with van der Waals surface area (Å²) in [4.78, 5) is 9.24. The van der Waals surface area contributed by atoms with Gasteiger partial charge in [0.15, 0.2) is 0 Å². The molecule has 2 aromatic heterocycles. The zero-order chi connectivity index (χ0) is 13.9. The summed E-state index contributed by atoms with van der Waals surface area (Å²) in [7, 11) is 0. The fraction of sp³-hybridized carbons (Fsp3) is 0.154. The van der Waals surface area contributed by atoms with Gasteiger partial charge in [0, 0.05) is 16.1 Å². The first-order valence-electron chi connectivity index (χ1n) is 6.03. The maximum Gasteiger partial charge on any atom is 0.138 e. The van der Waals surface area contributed by atoms with Crippen molar-refractivity contribution in [2.45, 2.75) is 13.0 Å². The molecule has 1 atom stereocenters. The van der Waals surface area contributed by atoms with Crippen LogP contribution in [0.1, 0.15) is 17.8 Å². The quantitative estimate of drug-likeness (QED) is 0.801. The van der Waals surface area contributed by atoms with Crippen molar-refractivity contribution >= 4 is 28.6 Å². The number of aromatic nitrogens is 4. The van der Waals surface area contributed by atoms with E-state index in [9.17, 15) is 0 Å². The van der Waals surface area contributed by atoms with E-state index in [1.807, 2.05) is 29.9 Å². The Hall–Kier alpha value is -1.92. The van der Waals surface area contributed by atoms with Crippen LogP contribution in [0, 0.1) is 0 Å². The molecular weight excluding hydrogens is 294 g/mol. The second kappa shape index (κ2) is 5.60. The predicted molar refractivity (Wildman–Crippen MR) is 80.5 cm³/mol. The second-order valence-electron chi connectivity index (χ2n) is 4.27. The monoisotopic (exact) mass is 305 g/mol. The van der Waals surface area contributed by atoms with Crippen LogP contribution in [-0.4, -0.2) is 19.7 Å². The van der Waals surface area contributed by atoms with Crippen molar-refractivity contribution in [2.24, 2.45) is 0 Å². The lowest BCUT2D eigenvalue weighted by Crippen LogP contribution is -2.08. The van der Waals surface area contributed by atoms with Crippen LogP contribution in [0.2, 0.25) is 5.02 Å². The van der Waals surface area contributed by atoms with Gasteiger partial charge in [0.2, 0.25) is 0 Å². The summed E-state index contributed by atoms with van der Waals surface area (Å²) >= 11 is 7.71. The topological polar surface area (TPSA) is 55.6 Å². The van der Waals surface area contributed by atoms with Gasteiger partial charge in [-0.3, -0.25) is 4.98 Å². The minimum atomic E-state index is 0.142. The number of benzene rings is 1. The third kappa shape index (κ3) is 2.66. The summed E-state index contributed by atoms with van der Waals surface area (Å²) in [5, 5.41) is 8.27. The number of thiazole rings is 1. The molecule has 0 bridgehead atoms. The van der Waals surface area contributed by atoms with Gasteiger partial charge in [-0.05, 0) is 25.1 Å². The minimum Gasteiger partial charge on any atom is -0.376 e. The normalized spacial score (nSPS) is 12.3. The van der Waals surface area contributed by atoms with Crippen molar-refractivity contribution in [2.75, 3.05) is 5.32 Å². The number of hydrogen-bond donors (Lipinski definition) is 1.